The van der Waals surface area contributed by atoms with Crippen molar-refractivity contribution in [1.82, 2.24) is 4.98 Å². The zero-order chi connectivity index (χ0) is 13.1. The van der Waals surface area contributed by atoms with Crippen LogP contribution in [0.25, 0.3) is 0 Å². The van der Waals surface area contributed by atoms with E-state index in [1.807, 2.05) is 0 Å². The van der Waals surface area contributed by atoms with E-state index in [1.165, 1.54) is 6.20 Å². The second-order valence-corrected chi connectivity index (χ2v) is 4.26. The lowest BCUT2D eigenvalue weighted by atomic mass is 10.1. The third-order valence-corrected chi connectivity index (χ3v) is 2.94. The van der Waals surface area contributed by atoms with Gasteiger partial charge in [-0.25, -0.2) is 4.98 Å². The van der Waals surface area contributed by atoms with Gasteiger partial charge >= 0.3 is 0 Å². The number of anilines is 2. The molecule has 0 fully saturated rings. The van der Waals surface area contributed by atoms with Crippen LogP contribution in [0.3, 0.4) is 0 Å². The first-order valence-corrected chi connectivity index (χ1v) is 5.81. The molecule has 2 aromatic rings. The summed E-state index contributed by atoms with van der Waals surface area (Å²) in [5.41, 5.74) is 6.68. The Morgan fingerprint density at radius 3 is 2.72 bits per heavy atom. The number of amides is 1. The normalized spacial score (nSPS) is 10.1. The number of halogens is 2. The van der Waals surface area contributed by atoms with Crippen LogP contribution in [0.1, 0.15) is 10.4 Å². The Kier molecular flexibility index (Phi) is 3.69. The SMILES string of the molecule is Nc1c(Cl)cccc1C(=O)Nc1cccnc1Cl. The maximum absolute atomic E-state index is 12.0. The van der Waals surface area contributed by atoms with Crippen LogP contribution in [0.4, 0.5) is 11.4 Å². The van der Waals surface area contributed by atoms with Crippen molar-refractivity contribution >= 4 is 40.5 Å². The number of nitrogens with zero attached hydrogens (tertiary/aromatic N) is 1. The van der Waals surface area contributed by atoms with E-state index >= 15 is 0 Å². The number of rotatable bonds is 2. The smallest absolute Gasteiger partial charge is 0.257 e. The van der Waals surface area contributed by atoms with Gasteiger partial charge in [-0.3, -0.25) is 4.79 Å². The van der Waals surface area contributed by atoms with Crippen LogP contribution in [-0.2, 0) is 0 Å². The summed E-state index contributed by atoms with van der Waals surface area (Å²) in [6, 6.07) is 8.17. The maximum atomic E-state index is 12.0. The van der Waals surface area contributed by atoms with E-state index in [-0.39, 0.29) is 16.7 Å². The first-order chi connectivity index (χ1) is 8.59. The van der Waals surface area contributed by atoms with E-state index < -0.39 is 0 Å². The maximum Gasteiger partial charge on any atom is 0.257 e. The quantitative estimate of drug-likeness (QED) is 0.656. The molecule has 0 aliphatic rings. The molecule has 3 N–H and O–H groups in total. The van der Waals surface area contributed by atoms with Gasteiger partial charge in [0.15, 0.2) is 5.15 Å². The van der Waals surface area contributed by atoms with Crippen molar-refractivity contribution in [2.75, 3.05) is 11.1 Å². The molecule has 92 valence electrons. The third-order valence-electron chi connectivity index (χ3n) is 2.30. The largest absolute Gasteiger partial charge is 0.397 e. The molecule has 0 saturated heterocycles. The molecule has 0 aliphatic heterocycles. The summed E-state index contributed by atoms with van der Waals surface area (Å²) in [5, 5.41) is 3.17. The highest BCUT2D eigenvalue weighted by Crippen LogP contribution is 2.24. The summed E-state index contributed by atoms with van der Waals surface area (Å²) in [6.07, 6.45) is 1.53. The molecule has 0 aliphatic carbocycles. The molecule has 0 unspecified atom stereocenters. The van der Waals surface area contributed by atoms with Crippen molar-refractivity contribution in [2.45, 2.75) is 0 Å². The lowest BCUT2D eigenvalue weighted by Crippen LogP contribution is -2.14. The van der Waals surface area contributed by atoms with Gasteiger partial charge in [0.05, 0.1) is 22.0 Å². The molecular formula is C12H9Cl2N3O. The molecule has 0 spiro atoms. The fourth-order valence-corrected chi connectivity index (χ4v) is 1.75. The van der Waals surface area contributed by atoms with Crippen LogP contribution in [0.15, 0.2) is 36.5 Å². The molecule has 0 atom stereocenters. The molecule has 1 aromatic carbocycles. The summed E-state index contributed by atoms with van der Waals surface area (Å²) in [6.45, 7) is 0. The van der Waals surface area contributed by atoms with Gasteiger partial charge in [-0.2, -0.15) is 0 Å². The van der Waals surface area contributed by atoms with Gasteiger partial charge in [0, 0.05) is 6.20 Å². The number of nitrogen functional groups attached to an aromatic ring is 1. The number of pyridine rings is 1. The van der Waals surface area contributed by atoms with Gasteiger partial charge in [0.25, 0.3) is 5.91 Å². The van der Waals surface area contributed by atoms with Crippen LogP contribution in [0, 0.1) is 0 Å². The Balaban J connectivity index is 2.28. The van der Waals surface area contributed by atoms with E-state index in [0.717, 1.165) is 0 Å². The standard InChI is InChI=1S/C12H9Cl2N3O/c13-8-4-1-3-7(10(8)15)12(18)17-9-5-2-6-16-11(9)14/h1-6H,15H2,(H,17,18). The monoisotopic (exact) mass is 281 g/mol. The second-order valence-electron chi connectivity index (χ2n) is 3.50. The molecule has 0 saturated carbocycles. The van der Waals surface area contributed by atoms with Crippen molar-refractivity contribution in [2.24, 2.45) is 0 Å². The van der Waals surface area contributed by atoms with E-state index in [4.69, 9.17) is 28.9 Å². The van der Waals surface area contributed by atoms with E-state index in [1.54, 1.807) is 30.3 Å². The van der Waals surface area contributed by atoms with Crippen molar-refractivity contribution in [3.8, 4) is 0 Å². The van der Waals surface area contributed by atoms with Crippen molar-refractivity contribution in [1.29, 1.82) is 0 Å². The van der Waals surface area contributed by atoms with E-state index in [0.29, 0.717) is 16.3 Å². The fraction of sp³-hybridized carbons (Fsp3) is 0. The lowest BCUT2D eigenvalue weighted by molar-refractivity contribution is 0.102. The molecule has 4 nitrogen and oxygen atoms in total. The Bertz CT molecular complexity index is 602. The molecule has 2 rings (SSSR count). The number of nitrogens with one attached hydrogen (secondary N) is 1. The third kappa shape index (κ3) is 2.55. The summed E-state index contributed by atoms with van der Waals surface area (Å²) < 4.78 is 0. The zero-order valence-corrected chi connectivity index (χ0v) is 10.7. The molecule has 6 heteroatoms. The number of para-hydroxylation sites is 1. The highest BCUT2D eigenvalue weighted by molar-refractivity contribution is 6.34. The molecule has 1 heterocycles. The fourth-order valence-electron chi connectivity index (χ4n) is 1.40. The first kappa shape index (κ1) is 12.7. The number of hydrogen-bond donors (Lipinski definition) is 2. The minimum Gasteiger partial charge on any atom is -0.397 e. The average Bonchev–Trinajstić information content (AvgIpc) is 2.35. The van der Waals surface area contributed by atoms with E-state index in [2.05, 4.69) is 10.3 Å². The summed E-state index contributed by atoms with van der Waals surface area (Å²) in [5.74, 6) is -0.384. The number of carbonyl (C=O) groups is 1. The molecule has 1 aromatic heterocycles. The van der Waals surface area contributed by atoms with Crippen molar-refractivity contribution < 1.29 is 4.79 Å². The Morgan fingerprint density at radius 2 is 2.00 bits per heavy atom. The summed E-state index contributed by atoms with van der Waals surface area (Å²) >= 11 is 11.7. The zero-order valence-electron chi connectivity index (χ0n) is 9.15. The summed E-state index contributed by atoms with van der Waals surface area (Å²) in [7, 11) is 0. The van der Waals surface area contributed by atoms with Gasteiger partial charge in [0.2, 0.25) is 0 Å². The van der Waals surface area contributed by atoms with Gasteiger partial charge in [-0.15, -0.1) is 0 Å². The molecule has 0 bridgehead atoms. The second kappa shape index (κ2) is 5.25. The lowest BCUT2D eigenvalue weighted by Gasteiger charge is -2.09. The van der Waals surface area contributed by atoms with Crippen LogP contribution in [0.5, 0.6) is 0 Å². The minimum absolute atomic E-state index is 0.214. The molecular weight excluding hydrogens is 273 g/mol. The van der Waals surface area contributed by atoms with Gasteiger partial charge in [-0.05, 0) is 24.3 Å². The van der Waals surface area contributed by atoms with Crippen LogP contribution < -0.4 is 11.1 Å². The topological polar surface area (TPSA) is 68.0 Å². The predicted molar refractivity (Wildman–Crippen MR) is 73.1 cm³/mol. The number of aromatic nitrogens is 1. The van der Waals surface area contributed by atoms with Crippen molar-refractivity contribution in [3.05, 3.63) is 52.3 Å². The number of carbonyl (C=O) groups excluding carboxylic acids is 1. The Hall–Kier alpha value is -1.78. The van der Waals surface area contributed by atoms with Crippen LogP contribution >= 0.6 is 23.2 Å². The summed E-state index contributed by atoms with van der Waals surface area (Å²) in [4.78, 5) is 15.9. The highest BCUT2D eigenvalue weighted by atomic mass is 35.5. The molecule has 1 amide bonds. The van der Waals surface area contributed by atoms with Crippen molar-refractivity contribution in [3.63, 3.8) is 0 Å². The molecule has 18 heavy (non-hydrogen) atoms. The highest BCUT2D eigenvalue weighted by Gasteiger charge is 2.13. The minimum atomic E-state index is -0.384. The molecule has 0 radical (unpaired) electrons. The first-order valence-electron chi connectivity index (χ1n) is 5.05. The van der Waals surface area contributed by atoms with E-state index in [9.17, 15) is 4.79 Å². The van der Waals surface area contributed by atoms with Gasteiger partial charge in [-0.1, -0.05) is 29.3 Å². The Morgan fingerprint density at radius 1 is 1.22 bits per heavy atom. The predicted octanol–water partition coefficient (Wildman–Crippen LogP) is 3.22. The number of hydrogen-bond acceptors (Lipinski definition) is 3. The average molecular weight is 282 g/mol. The van der Waals surface area contributed by atoms with Crippen LogP contribution in [0.2, 0.25) is 10.2 Å². The van der Waals surface area contributed by atoms with Gasteiger partial charge in [0.1, 0.15) is 0 Å². The number of nitrogens with two attached hydrogens (primary N) is 1. The Labute approximate surface area is 114 Å². The number of benzene rings is 1. The van der Waals surface area contributed by atoms with Gasteiger partial charge < -0.3 is 11.1 Å². The van der Waals surface area contributed by atoms with Crippen LogP contribution in [-0.4, -0.2) is 10.9 Å².